The third-order valence-corrected chi connectivity index (χ3v) is 5.31. The van der Waals surface area contributed by atoms with Gasteiger partial charge < -0.3 is 4.90 Å². The Morgan fingerprint density at radius 1 is 1.00 bits per heavy atom. The molecule has 1 unspecified atom stereocenters. The number of para-hydroxylation sites is 1. The number of carbonyl (C=O) groups excluding carboxylic acids is 1. The smallest absolute Gasteiger partial charge is 0.229 e. The molecule has 2 heterocycles. The van der Waals surface area contributed by atoms with Crippen LogP contribution in [0.1, 0.15) is 44.4 Å². The van der Waals surface area contributed by atoms with E-state index in [4.69, 9.17) is 0 Å². The summed E-state index contributed by atoms with van der Waals surface area (Å²) in [5.41, 5.74) is 6.30. The second-order valence-corrected chi connectivity index (χ2v) is 7.92. The molecule has 0 N–H and O–H groups in total. The van der Waals surface area contributed by atoms with Gasteiger partial charge in [0.25, 0.3) is 0 Å². The maximum absolute atomic E-state index is 13.1. The Bertz CT molecular complexity index is 956. The maximum atomic E-state index is 13.1. The minimum Gasteiger partial charge on any atom is -0.307 e. The molecule has 1 atom stereocenters. The van der Waals surface area contributed by atoms with Gasteiger partial charge in [-0.3, -0.25) is 4.79 Å². The van der Waals surface area contributed by atoms with Crippen molar-refractivity contribution in [1.29, 1.82) is 0 Å². The first-order chi connectivity index (χ1) is 13.0. The fourth-order valence-corrected chi connectivity index (χ4v) is 3.92. The van der Waals surface area contributed by atoms with Gasteiger partial charge in [-0.25, -0.2) is 0 Å². The highest BCUT2D eigenvalue weighted by Gasteiger charge is 2.34. The third-order valence-electron chi connectivity index (χ3n) is 5.31. The molecule has 2 aromatic carbocycles. The summed E-state index contributed by atoms with van der Waals surface area (Å²) in [6.45, 7) is 8.82. The van der Waals surface area contributed by atoms with Gasteiger partial charge in [0.05, 0.1) is 12.2 Å². The molecule has 0 bridgehead atoms. The van der Waals surface area contributed by atoms with Crippen LogP contribution in [0.5, 0.6) is 0 Å². The lowest BCUT2D eigenvalue weighted by molar-refractivity contribution is -0.121. The first-order valence-electron chi connectivity index (χ1n) is 9.63. The zero-order chi connectivity index (χ0) is 19.1. The molecule has 0 saturated carbocycles. The zero-order valence-electron chi connectivity index (χ0n) is 16.3. The summed E-state index contributed by atoms with van der Waals surface area (Å²) < 4.78 is 0. The molecule has 2 aliphatic rings. The molecule has 0 aliphatic carbocycles. The number of anilines is 1. The fourth-order valence-electron chi connectivity index (χ4n) is 3.92. The van der Waals surface area contributed by atoms with E-state index in [2.05, 4.69) is 48.3 Å². The number of nitrogens with zero attached hydrogens (tertiary/aromatic N) is 3. The Morgan fingerprint density at radius 2 is 1.67 bits per heavy atom. The topological polar surface area (TPSA) is 45.0 Å². The second kappa shape index (κ2) is 6.76. The van der Waals surface area contributed by atoms with Crippen molar-refractivity contribution in [3.05, 3.63) is 65.2 Å². The molecule has 138 valence electrons. The summed E-state index contributed by atoms with van der Waals surface area (Å²) in [5.74, 6) is 0.401. The summed E-state index contributed by atoms with van der Waals surface area (Å²) in [7, 11) is 0. The van der Waals surface area contributed by atoms with E-state index in [9.17, 15) is 4.79 Å². The Kier molecular flexibility index (Phi) is 4.42. The van der Waals surface area contributed by atoms with Crippen LogP contribution in [0, 0.1) is 11.8 Å². The Labute approximate surface area is 160 Å². The lowest BCUT2D eigenvalue weighted by Gasteiger charge is -2.31. The second-order valence-electron chi connectivity index (χ2n) is 7.92. The van der Waals surface area contributed by atoms with Crippen LogP contribution < -0.4 is 4.90 Å². The highest BCUT2D eigenvalue weighted by Crippen LogP contribution is 2.45. The van der Waals surface area contributed by atoms with E-state index >= 15 is 0 Å². The lowest BCUT2D eigenvalue weighted by atomic mass is 9.85. The summed E-state index contributed by atoms with van der Waals surface area (Å²) in [6.07, 6.45) is 0. The SMILES string of the molecule is CC(C)C(=O)N1Cc2ccccc2C2=C(N=NC2C(C)C)c2ccccc21. The molecular formula is C23H25N3O. The number of rotatable bonds is 2. The van der Waals surface area contributed by atoms with Gasteiger partial charge in [-0.1, -0.05) is 70.2 Å². The van der Waals surface area contributed by atoms with Crippen LogP contribution in [0.4, 0.5) is 5.69 Å². The molecule has 0 saturated heterocycles. The molecule has 27 heavy (non-hydrogen) atoms. The first-order valence-corrected chi connectivity index (χ1v) is 9.63. The van der Waals surface area contributed by atoms with E-state index in [1.165, 1.54) is 5.57 Å². The van der Waals surface area contributed by atoms with Crippen LogP contribution in [0.15, 0.2) is 58.8 Å². The predicted molar refractivity (Wildman–Crippen MR) is 109 cm³/mol. The molecular weight excluding hydrogens is 334 g/mol. The van der Waals surface area contributed by atoms with E-state index in [0.29, 0.717) is 12.5 Å². The summed E-state index contributed by atoms with van der Waals surface area (Å²) >= 11 is 0. The van der Waals surface area contributed by atoms with E-state index in [1.54, 1.807) is 0 Å². The molecule has 0 radical (unpaired) electrons. The standard InChI is InChI=1S/C23H25N3O/c1-14(2)21-20-17-10-6-5-9-16(17)13-26(23(27)15(3)4)19-12-8-7-11-18(19)22(20)25-24-21/h5-12,14-15,21H,13H2,1-4H3. The number of hydrogen-bond acceptors (Lipinski definition) is 3. The van der Waals surface area contributed by atoms with Crippen LogP contribution in [-0.4, -0.2) is 11.9 Å². The number of hydrogen-bond donors (Lipinski definition) is 0. The van der Waals surface area contributed by atoms with Gasteiger partial charge in [0, 0.05) is 17.1 Å². The average molecular weight is 359 g/mol. The van der Waals surface area contributed by atoms with Crippen molar-refractivity contribution in [3.63, 3.8) is 0 Å². The van der Waals surface area contributed by atoms with Gasteiger partial charge in [0.2, 0.25) is 5.91 Å². The minimum absolute atomic E-state index is 0.0431. The quantitative estimate of drug-likeness (QED) is 0.693. The Balaban J connectivity index is 2.02. The Morgan fingerprint density at radius 3 is 2.37 bits per heavy atom. The third kappa shape index (κ3) is 2.89. The minimum atomic E-state index is -0.0771. The highest BCUT2D eigenvalue weighted by atomic mass is 16.2. The zero-order valence-corrected chi connectivity index (χ0v) is 16.3. The van der Waals surface area contributed by atoms with Crippen LogP contribution in [0.2, 0.25) is 0 Å². The monoisotopic (exact) mass is 359 g/mol. The lowest BCUT2D eigenvalue weighted by Crippen LogP contribution is -2.35. The van der Waals surface area contributed by atoms with E-state index in [1.807, 2.05) is 43.0 Å². The van der Waals surface area contributed by atoms with Crippen molar-refractivity contribution < 1.29 is 4.79 Å². The van der Waals surface area contributed by atoms with E-state index in [0.717, 1.165) is 28.1 Å². The van der Waals surface area contributed by atoms with Gasteiger partial charge in [-0.05, 0) is 23.1 Å². The van der Waals surface area contributed by atoms with Gasteiger partial charge in [0.1, 0.15) is 11.7 Å². The van der Waals surface area contributed by atoms with Crippen LogP contribution in [0.25, 0.3) is 11.3 Å². The fraction of sp³-hybridized carbons (Fsp3) is 0.348. The normalized spacial score (nSPS) is 18.3. The number of fused-ring (bicyclic) bond motifs is 4. The molecule has 2 aromatic rings. The first kappa shape index (κ1) is 17.7. The predicted octanol–water partition coefficient (Wildman–Crippen LogP) is 5.55. The van der Waals surface area contributed by atoms with Crippen molar-refractivity contribution in [2.75, 3.05) is 4.90 Å². The summed E-state index contributed by atoms with van der Waals surface area (Å²) in [4.78, 5) is 15.0. The highest BCUT2D eigenvalue weighted by molar-refractivity contribution is 6.03. The van der Waals surface area contributed by atoms with Crippen molar-refractivity contribution in [3.8, 4) is 0 Å². The molecule has 4 heteroatoms. The van der Waals surface area contributed by atoms with Crippen molar-refractivity contribution in [1.82, 2.24) is 0 Å². The van der Waals surface area contributed by atoms with E-state index in [-0.39, 0.29) is 17.9 Å². The van der Waals surface area contributed by atoms with Gasteiger partial charge in [0.15, 0.2) is 0 Å². The number of azo groups is 1. The van der Waals surface area contributed by atoms with E-state index < -0.39 is 0 Å². The Hall–Kier alpha value is -2.75. The van der Waals surface area contributed by atoms with Crippen molar-refractivity contribution >= 4 is 22.9 Å². The van der Waals surface area contributed by atoms with Crippen LogP contribution in [-0.2, 0) is 11.3 Å². The number of benzene rings is 2. The molecule has 0 fully saturated rings. The molecule has 0 spiro atoms. The largest absolute Gasteiger partial charge is 0.307 e. The van der Waals surface area contributed by atoms with Crippen LogP contribution in [0.3, 0.4) is 0 Å². The van der Waals surface area contributed by atoms with Gasteiger partial charge in [-0.15, -0.1) is 0 Å². The summed E-state index contributed by atoms with van der Waals surface area (Å²) in [5, 5.41) is 9.22. The number of amides is 1. The van der Waals surface area contributed by atoms with Crippen molar-refractivity contribution in [2.45, 2.75) is 40.3 Å². The maximum Gasteiger partial charge on any atom is 0.229 e. The van der Waals surface area contributed by atoms with Crippen LogP contribution >= 0.6 is 0 Å². The molecule has 4 rings (SSSR count). The summed E-state index contributed by atoms with van der Waals surface area (Å²) in [6, 6.07) is 16.5. The van der Waals surface area contributed by atoms with Gasteiger partial charge in [-0.2, -0.15) is 10.2 Å². The average Bonchev–Trinajstić information content (AvgIpc) is 3.09. The molecule has 2 aliphatic heterocycles. The van der Waals surface area contributed by atoms with Gasteiger partial charge >= 0.3 is 0 Å². The molecule has 0 aromatic heterocycles. The molecule has 4 nitrogen and oxygen atoms in total. The number of carbonyl (C=O) groups is 1. The molecule has 1 amide bonds. The van der Waals surface area contributed by atoms with Crippen molar-refractivity contribution in [2.24, 2.45) is 22.1 Å².